The van der Waals surface area contributed by atoms with E-state index in [1.165, 1.54) is 17.9 Å². The first-order chi connectivity index (χ1) is 18.2. The van der Waals surface area contributed by atoms with E-state index in [-0.39, 0.29) is 37.0 Å². The van der Waals surface area contributed by atoms with Crippen LogP contribution in [0.2, 0.25) is 0 Å². The van der Waals surface area contributed by atoms with Crippen LogP contribution < -0.4 is 29.5 Å². The Bertz CT molecular complexity index is 914. The van der Waals surface area contributed by atoms with Gasteiger partial charge in [0.15, 0.2) is 0 Å². The minimum absolute atomic E-state index is 0.00146. The molecule has 0 atom stereocenters. The van der Waals surface area contributed by atoms with Crippen LogP contribution in [0.4, 0.5) is 11.4 Å². The zero-order chi connectivity index (χ0) is 29.1. The van der Waals surface area contributed by atoms with Crippen LogP contribution in [0.25, 0.3) is 0 Å². The molecule has 210 valence electrons. The summed E-state index contributed by atoms with van der Waals surface area (Å²) < 4.78 is 11.4. The molecule has 0 radical (unpaired) electrons. The van der Waals surface area contributed by atoms with Crippen LogP contribution in [0.1, 0.15) is 34.6 Å². The fourth-order valence-corrected chi connectivity index (χ4v) is 3.18. The van der Waals surface area contributed by atoms with Gasteiger partial charge in [0.05, 0.1) is 42.9 Å². The molecule has 0 spiro atoms. The van der Waals surface area contributed by atoms with Gasteiger partial charge in [-0.2, -0.15) is 0 Å². The number of rotatable bonds is 15. The normalized spacial score (nSPS) is 9.50. The van der Waals surface area contributed by atoms with Crippen molar-refractivity contribution in [2.24, 2.45) is 0 Å². The number of carbonyl (C=O) groups is 4. The smallest absolute Gasteiger partial charge is 0.323 e. The van der Waals surface area contributed by atoms with Gasteiger partial charge < -0.3 is 44.2 Å². The number of anilines is 2. The monoisotopic (exact) mass is 532 g/mol. The minimum atomic E-state index is -1.47. The number of aliphatic carboxylic acids is 3. The van der Waals surface area contributed by atoms with Gasteiger partial charge in [0.25, 0.3) is 0 Å². The number of nitrogens with zero attached hydrogens (tertiary/aromatic N) is 2. The van der Waals surface area contributed by atoms with Gasteiger partial charge in [-0.25, -0.2) is 0 Å². The van der Waals surface area contributed by atoms with E-state index >= 15 is 0 Å². The molecule has 38 heavy (non-hydrogen) atoms. The van der Waals surface area contributed by atoms with E-state index in [4.69, 9.17) is 9.47 Å². The second-order valence-electron chi connectivity index (χ2n) is 7.18. The molecule has 2 aromatic carbocycles. The number of hydrogen-bond donors (Lipinski definition) is 1. The van der Waals surface area contributed by atoms with Crippen LogP contribution in [-0.2, 0) is 19.2 Å². The molecule has 0 aromatic heterocycles. The highest BCUT2D eigenvalue weighted by molar-refractivity contribution is 5.84. The Balaban J connectivity index is 0.00000326. The summed E-state index contributed by atoms with van der Waals surface area (Å²) in [5, 5.41) is 31.2. The lowest BCUT2D eigenvalue weighted by atomic mass is 10.2. The van der Waals surface area contributed by atoms with Crippen molar-refractivity contribution in [1.82, 2.24) is 0 Å². The SMILES string of the molecule is CC.CC.CC(=O)CN(CC(=O)O)c1ccccc1OCCOc1ccccc1N(CC(=O)[O-])CC(=O)[O-]. The van der Waals surface area contributed by atoms with Gasteiger partial charge in [-0.15, -0.1) is 0 Å². The third-order valence-corrected chi connectivity index (χ3v) is 4.39. The molecular weight excluding hydrogens is 496 g/mol. The van der Waals surface area contributed by atoms with Gasteiger partial charge in [-0.3, -0.25) is 9.59 Å². The second-order valence-corrected chi connectivity index (χ2v) is 7.18. The number of carbonyl (C=O) groups excluding carboxylic acids is 3. The zero-order valence-electron chi connectivity index (χ0n) is 22.5. The molecule has 0 saturated carbocycles. The Labute approximate surface area is 223 Å². The van der Waals surface area contributed by atoms with Crippen LogP contribution in [0, 0.1) is 0 Å². The lowest BCUT2D eigenvalue weighted by Crippen LogP contribution is -2.44. The maximum atomic E-state index is 11.6. The second kappa shape index (κ2) is 18.9. The van der Waals surface area contributed by atoms with Crippen LogP contribution in [0.15, 0.2) is 48.5 Å². The summed E-state index contributed by atoms with van der Waals surface area (Å²) >= 11 is 0. The third-order valence-electron chi connectivity index (χ3n) is 4.39. The first-order valence-electron chi connectivity index (χ1n) is 12.2. The van der Waals surface area contributed by atoms with Crippen molar-refractivity contribution in [3.63, 3.8) is 0 Å². The predicted octanol–water partition coefficient (Wildman–Crippen LogP) is 0.983. The average Bonchev–Trinajstić information content (AvgIpc) is 2.87. The minimum Gasteiger partial charge on any atom is -0.548 e. The molecule has 0 heterocycles. The Morgan fingerprint density at radius 3 is 1.39 bits per heavy atom. The molecule has 2 rings (SSSR count). The van der Waals surface area contributed by atoms with Gasteiger partial charge in [-0.05, 0) is 31.2 Å². The largest absolute Gasteiger partial charge is 0.548 e. The van der Waals surface area contributed by atoms with Crippen molar-refractivity contribution >= 4 is 35.1 Å². The number of carboxylic acids is 3. The van der Waals surface area contributed by atoms with Gasteiger partial charge in [0.1, 0.15) is 37.0 Å². The molecule has 11 nitrogen and oxygen atoms in total. The molecule has 1 N–H and O–H groups in total. The summed E-state index contributed by atoms with van der Waals surface area (Å²) in [6.07, 6.45) is 0. The Kier molecular flexibility index (Phi) is 16.8. The van der Waals surface area contributed by atoms with Crippen LogP contribution in [-0.4, -0.2) is 68.2 Å². The molecule has 2 aromatic rings. The molecule has 0 aliphatic rings. The molecule has 0 fully saturated rings. The van der Waals surface area contributed by atoms with E-state index < -0.39 is 37.5 Å². The summed E-state index contributed by atoms with van der Waals surface area (Å²) in [7, 11) is 0. The number of ether oxygens (including phenoxy) is 2. The van der Waals surface area contributed by atoms with Gasteiger partial charge >= 0.3 is 5.97 Å². The van der Waals surface area contributed by atoms with E-state index in [1.807, 2.05) is 27.7 Å². The molecule has 0 aliphatic heterocycles. The topological polar surface area (TPSA) is 160 Å². The number of carboxylic acid groups (broad SMARTS) is 3. The highest BCUT2D eigenvalue weighted by Crippen LogP contribution is 2.29. The van der Waals surface area contributed by atoms with Gasteiger partial charge in [0.2, 0.25) is 0 Å². The van der Waals surface area contributed by atoms with Crippen LogP contribution in [0.5, 0.6) is 11.5 Å². The number of ketones is 1. The molecule has 11 heteroatoms. The number of benzene rings is 2. The van der Waals surface area contributed by atoms with Crippen molar-refractivity contribution < 1.29 is 44.0 Å². The highest BCUT2D eigenvalue weighted by Gasteiger charge is 2.17. The van der Waals surface area contributed by atoms with E-state index in [1.54, 1.807) is 42.5 Å². The predicted molar refractivity (Wildman–Crippen MR) is 139 cm³/mol. The number of Topliss-reactive ketones (excluding diaryl/α,β-unsaturated/α-hetero) is 1. The lowest BCUT2D eigenvalue weighted by Gasteiger charge is -2.27. The fourth-order valence-electron chi connectivity index (χ4n) is 3.18. The standard InChI is InChI=1S/C23H26N2O9.2C2H6/c1-16(26)12-24(13-21(27)28)17-6-2-4-8-19(17)33-10-11-34-20-9-5-3-7-18(20)25(14-22(29)30)15-23(31)32;2*1-2/h2-9H,10-15H2,1H3,(H,27,28)(H,29,30)(H,31,32);2*1-2H3/p-2. The molecule has 0 amide bonds. The van der Waals surface area contributed by atoms with Crippen molar-refractivity contribution in [2.45, 2.75) is 34.6 Å². The summed E-state index contributed by atoms with van der Waals surface area (Å²) in [6.45, 7) is 7.53. The summed E-state index contributed by atoms with van der Waals surface area (Å²) in [5.74, 6) is -3.68. The van der Waals surface area contributed by atoms with Gasteiger partial charge in [0, 0.05) is 0 Å². The molecule has 0 bridgehead atoms. The maximum absolute atomic E-state index is 11.6. The quantitative estimate of drug-likeness (QED) is 0.326. The van der Waals surface area contributed by atoms with Crippen molar-refractivity contribution in [3.8, 4) is 11.5 Å². The Morgan fingerprint density at radius 2 is 1.05 bits per heavy atom. The maximum Gasteiger partial charge on any atom is 0.323 e. The van der Waals surface area contributed by atoms with Gasteiger partial charge in [-0.1, -0.05) is 52.0 Å². The fraction of sp³-hybridized carbons (Fsp3) is 0.407. The highest BCUT2D eigenvalue weighted by atomic mass is 16.5. The summed E-state index contributed by atoms with van der Waals surface area (Å²) in [5.41, 5.74) is 0.653. The van der Waals surface area contributed by atoms with Crippen molar-refractivity contribution in [3.05, 3.63) is 48.5 Å². The third kappa shape index (κ3) is 12.6. The van der Waals surface area contributed by atoms with Crippen molar-refractivity contribution in [2.75, 3.05) is 49.2 Å². The van der Waals surface area contributed by atoms with Crippen LogP contribution in [0.3, 0.4) is 0 Å². The van der Waals surface area contributed by atoms with E-state index in [0.29, 0.717) is 11.4 Å². The van der Waals surface area contributed by atoms with E-state index in [9.17, 15) is 34.5 Å². The van der Waals surface area contributed by atoms with E-state index in [0.717, 1.165) is 4.90 Å². The lowest BCUT2D eigenvalue weighted by molar-refractivity contribution is -0.304. The number of para-hydroxylation sites is 4. The van der Waals surface area contributed by atoms with Crippen molar-refractivity contribution in [1.29, 1.82) is 0 Å². The van der Waals surface area contributed by atoms with E-state index in [2.05, 4.69) is 0 Å². The molecule has 0 aliphatic carbocycles. The average molecular weight is 533 g/mol. The zero-order valence-corrected chi connectivity index (χ0v) is 22.5. The summed E-state index contributed by atoms with van der Waals surface area (Å²) in [6, 6.07) is 12.9. The molecule has 0 saturated heterocycles. The van der Waals surface area contributed by atoms with Crippen LogP contribution >= 0.6 is 0 Å². The first kappa shape index (κ1) is 33.7. The Hall–Kier alpha value is -4.28. The number of hydrogen-bond acceptors (Lipinski definition) is 10. The first-order valence-corrected chi connectivity index (χ1v) is 12.2. The molecule has 0 unspecified atom stereocenters. The molecular formula is C27H36N2O9-2. The Morgan fingerprint density at radius 1 is 0.684 bits per heavy atom. The summed E-state index contributed by atoms with van der Waals surface area (Å²) in [4.78, 5) is 47.3.